The Morgan fingerprint density at radius 3 is 3.05 bits per heavy atom. The van der Waals surface area contributed by atoms with E-state index in [2.05, 4.69) is 60.2 Å². The molecule has 0 bridgehead atoms. The molecule has 0 saturated heterocycles. The third-order valence-electron chi connectivity index (χ3n) is 4.02. The summed E-state index contributed by atoms with van der Waals surface area (Å²) >= 11 is 1.81. The fourth-order valence-corrected chi connectivity index (χ4v) is 3.95. The summed E-state index contributed by atoms with van der Waals surface area (Å²) in [5.41, 5.74) is 2.76. The van der Waals surface area contributed by atoms with Crippen LogP contribution in [0.15, 0.2) is 30.5 Å². The molecule has 1 N–H and O–H groups in total. The van der Waals surface area contributed by atoms with E-state index in [1.807, 2.05) is 6.20 Å². The van der Waals surface area contributed by atoms with Crippen molar-refractivity contribution in [3.05, 3.63) is 40.9 Å². The minimum Gasteiger partial charge on any atom is -0.317 e. The molecule has 0 fully saturated rings. The van der Waals surface area contributed by atoms with Crippen molar-refractivity contribution in [2.75, 3.05) is 18.0 Å². The first-order valence-electron chi connectivity index (χ1n) is 7.73. The number of aromatic nitrogens is 1. The molecule has 2 aromatic rings. The van der Waals surface area contributed by atoms with Gasteiger partial charge >= 0.3 is 0 Å². The normalized spacial score (nSPS) is 19.4. The summed E-state index contributed by atoms with van der Waals surface area (Å²) in [6.07, 6.45) is 3.19. The molecule has 3 rings (SSSR count). The van der Waals surface area contributed by atoms with Gasteiger partial charge in [0.05, 0.1) is 0 Å². The first-order valence-corrected chi connectivity index (χ1v) is 8.55. The molecule has 112 valence electrons. The van der Waals surface area contributed by atoms with Crippen LogP contribution in [0.5, 0.6) is 0 Å². The lowest BCUT2D eigenvalue weighted by atomic mass is 9.94. The standard InChI is InChI=1S/C17H23N3S/c1-4-18-13(3)16-10-19-17(21-16)20-11-12(2)9-14-7-5-6-8-15(14)20/h5-8,10,12-13,18H,4,9,11H2,1-3H3. The summed E-state index contributed by atoms with van der Waals surface area (Å²) in [4.78, 5) is 8.37. The summed E-state index contributed by atoms with van der Waals surface area (Å²) < 4.78 is 0. The molecule has 2 unspecified atom stereocenters. The molecular formula is C17H23N3S. The zero-order valence-corrected chi connectivity index (χ0v) is 13.8. The second kappa shape index (κ2) is 6.16. The Morgan fingerprint density at radius 1 is 1.43 bits per heavy atom. The van der Waals surface area contributed by atoms with Crippen molar-refractivity contribution in [1.82, 2.24) is 10.3 Å². The van der Waals surface area contributed by atoms with Crippen molar-refractivity contribution in [3.63, 3.8) is 0 Å². The van der Waals surface area contributed by atoms with E-state index in [1.54, 1.807) is 11.3 Å². The molecule has 0 amide bonds. The number of hydrogen-bond donors (Lipinski definition) is 1. The van der Waals surface area contributed by atoms with Gasteiger partial charge in [-0.2, -0.15) is 0 Å². The molecule has 1 aromatic heterocycles. The maximum atomic E-state index is 4.68. The van der Waals surface area contributed by atoms with Crippen LogP contribution >= 0.6 is 11.3 Å². The van der Waals surface area contributed by atoms with Crippen LogP contribution in [0.2, 0.25) is 0 Å². The van der Waals surface area contributed by atoms with Gasteiger partial charge in [-0.1, -0.05) is 43.4 Å². The molecule has 0 aliphatic carbocycles. The average molecular weight is 301 g/mol. The van der Waals surface area contributed by atoms with Gasteiger partial charge in [-0.15, -0.1) is 0 Å². The monoisotopic (exact) mass is 301 g/mol. The summed E-state index contributed by atoms with van der Waals surface area (Å²) in [7, 11) is 0. The van der Waals surface area contributed by atoms with Gasteiger partial charge in [0.2, 0.25) is 0 Å². The van der Waals surface area contributed by atoms with E-state index in [0.717, 1.165) is 18.2 Å². The highest BCUT2D eigenvalue weighted by Crippen LogP contribution is 2.38. The molecule has 4 heteroatoms. The zero-order chi connectivity index (χ0) is 14.8. The Hall–Kier alpha value is -1.39. The van der Waals surface area contributed by atoms with Crippen molar-refractivity contribution in [1.29, 1.82) is 0 Å². The predicted octanol–water partition coefficient (Wildman–Crippen LogP) is 4.14. The molecular weight excluding hydrogens is 278 g/mol. The zero-order valence-electron chi connectivity index (χ0n) is 13.0. The third kappa shape index (κ3) is 2.97. The van der Waals surface area contributed by atoms with E-state index in [-0.39, 0.29) is 0 Å². The van der Waals surface area contributed by atoms with E-state index in [1.165, 1.54) is 22.5 Å². The van der Waals surface area contributed by atoms with Crippen LogP contribution in [0.25, 0.3) is 0 Å². The summed E-state index contributed by atoms with van der Waals surface area (Å²) in [6, 6.07) is 9.09. The van der Waals surface area contributed by atoms with Crippen LogP contribution in [0.4, 0.5) is 10.8 Å². The Labute approximate surface area is 131 Å². The fourth-order valence-electron chi connectivity index (χ4n) is 2.99. The van der Waals surface area contributed by atoms with Gasteiger partial charge in [0.25, 0.3) is 0 Å². The molecule has 2 atom stereocenters. The van der Waals surface area contributed by atoms with Gasteiger partial charge in [0, 0.05) is 29.3 Å². The van der Waals surface area contributed by atoms with Crippen molar-refractivity contribution in [3.8, 4) is 0 Å². The first kappa shape index (κ1) is 14.5. The molecule has 21 heavy (non-hydrogen) atoms. The Bertz CT molecular complexity index is 608. The third-order valence-corrected chi connectivity index (χ3v) is 5.23. The molecule has 1 aliphatic rings. The van der Waals surface area contributed by atoms with E-state index in [4.69, 9.17) is 0 Å². The SMILES string of the molecule is CCNC(C)c1cnc(N2CC(C)Cc3ccccc32)s1. The van der Waals surface area contributed by atoms with E-state index in [9.17, 15) is 0 Å². The van der Waals surface area contributed by atoms with Gasteiger partial charge < -0.3 is 10.2 Å². The summed E-state index contributed by atoms with van der Waals surface area (Å²) in [6.45, 7) is 8.70. The number of thiazole rings is 1. The highest BCUT2D eigenvalue weighted by Gasteiger charge is 2.24. The molecule has 0 spiro atoms. The smallest absolute Gasteiger partial charge is 0.190 e. The van der Waals surface area contributed by atoms with Crippen molar-refractivity contribution < 1.29 is 0 Å². The predicted molar refractivity (Wildman–Crippen MR) is 90.5 cm³/mol. The van der Waals surface area contributed by atoms with E-state index < -0.39 is 0 Å². The lowest BCUT2D eigenvalue weighted by Gasteiger charge is -2.32. The number of para-hydroxylation sites is 1. The number of fused-ring (bicyclic) bond motifs is 1. The van der Waals surface area contributed by atoms with Crippen LogP contribution in [0.1, 0.15) is 37.3 Å². The van der Waals surface area contributed by atoms with Gasteiger partial charge in [-0.05, 0) is 37.4 Å². The number of nitrogens with one attached hydrogen (secondary N) is 1. The van der Waals surface area contributed by atoms with Crippen LogP contribution in [-0.4, -0.2) is 18.1 Å². The van der Waals surface area contributed by atoms with Gasteiger partial charge in [0.15, 0.2) is 5.13 Å². The second-order valence-electron chi connectivity index (χ2n) is 5.87. The second-order valence-corrected chi connectivity index (χ2v) is 6.91. The quantitative estimate of drug-likeness (QED) is 0.919. The molecule has 1 aliphatic heterocycles. The van der Waals surface area contributed by atoms with E-state index >= 15 is 0 Å². The number of anilines is 2. The maximum Gasteiger partial charge on any atom is 0.190 e. The first-order chi connectivity index (χ1) is 10.2. The fraction of sp³-hybridized carbons (Fsp3) is 0.471. The number of hydrogen-bond acceptors (Lipinski definition) is 4. The van der Waals surface area contributed by atoms with Gasteiger partial charge in [0.1, 0.15) is 0 Å². The lowest BCUT2D eigenvalue weighted by molar-refractivity contribution is 0.562. The van der Waals surface area contributed by atoms with Crippen LogP contribution < -0.4 is 10.2 Å². The number of benzene rings is 1. The number of rotatable bonds is 4. The van der Waals surface area contributed by atoms with Crippen LogP contribution in [0.3, 0.4) is 0 Å². The highest BCUT2D eigenvalue weighted by molar-refractivity contribution is 7.15. The Morgan fingerprint density at radius 2 is 2.24 bits per heavy atom. The number of nitrogens with zero attached hydrogens (tertiary/aromatic N) is 2. The Kier molecular flexibility index (Phi) is 4.27. The maximum absolute atomic E-state index is 4.68. The Balaban J connectivity index is 1.90. The lowest BCUT2D eigenvalue weighted by Crippen LogP contribution is -2.30. The van der Waals surface area contributed by atoms with Crippen LogP contribution in [0, 0.1) is 5.92 Å². The van der Waals surface area contributed by atoms with Crippen molar-refractivity contribution >= 4 is 22.2 Å². The van der Waals surface area contributed by atoms with Gasteiger partial charge in [-0.3, -0.25) is 0 Å². The summed E-state index contributed by atoms with van der Waals surface area (Å²) in [5.74, 6) is 0.665. The van der Waals surface area contributed by atoms with Crippen molar-refractivity contribution in [2.24, 2.45) is 5.92 Å². The molecule has 0 radical (unpaired) electrons. The minimum absolute atomic E-state index is 0.374. The van der Waals surface area contributed by atoms with Crippen molar-refractivity contribution in [2.45, 2.75) is 33.2 Å². The largest absolute Gasteiger partial charge is 0.317 e. The molecule has 3 nitrogen and oxygen atoms in total. The molecule has 2 heterocycles. The van der Waals surface area contributed by atoms with Gasteiger partial charge in [-0.25, -0.2) is 4.98 Å². The topological polar surface area (TPSA) is 28.2 Å². The summed E-state index contributed by atoms with van der Waals surface area (Å²) in [5, 5.41) is 4.58. The molecule has 1 aromatic carbocycles. The molecule has 0 saturated carbocycles. The van der Waals surface area contributed by atoms with E-state index in [0.29, 0.717) is 12.0 Å². The highest BCUT2D eigenvalue weighted by atomic mass is 32.1. The average Bonchev–Trinajstić information content (AvgIpc) is 2.96. The van der Waals surface area contributed by atoms with Crippen LogP contribution in [-0.2, 0) is 6.42 Å². The minimum atomic E-state index is 0.374.